The summed E-state index contributed by atoms with van der Waals surface area (Å²) in [5, 5.41) is 0. The first-order valence-corrected chi connectivity index (χ1v) is 10.9. The van der Waals surface area contributed by atoms with Crippen molar-refractivity contribution in [3.8, 4) is 17.0 Å². The molecule has 6 nitrogen and oxygen atoms in total. The van der Waals surface area contributed by atoms with Gasteiger partial charge in [0.05, 0.1) is 24.7 Å². The third-order valence-corrected chi connectivity index (χ3v) is 6.14. The fourth-order valence-electron chi connectivity index (χ4n) is 3.05. The summed E-state index contributed by atoms with van der Waals surface area (Å²) in [6, 6.07) is 11.6. The van der Waals surface area contributed by atoms with Crippen molar-refractivity contribution in [3.05, 3.63) is 48.2 Å². The fraction of sp³-hybridized carbons (Fsp3) is 0.450. The first-order valence-electron chi connectivity index (χ1n) is 9.20. The van der Waals surface area contributed by atoms with Gasteiger partial charge in [-0.2, -0.15) is 0 Å². The molecule has 2 atom stereocenters. The van der Waals surface area contributed by atoms with Crippen LogP contribution in [0.3, 0.4) is 0 Å². The third-order valence-electron chi connectivity index (χ3n) is 4.71. The Balaban J connectivity index is 1.61. The van der Waals surface area contributed by atoms with E-state index in [1.165, 1.54) is 0 Å². The number of aromatic nitrogens is 1. The van der Waals surface area contributed by atoms with E-state index in [-0.39, 0.29) is 17.7 Å². The molecule has 3 rings (SSSR count). The smallest absolute Gasteiger partial charge is 0.211 e. The van der Waals surface area contributed by atoms with Crippen molar-refractivity contribution >= 4 is 10.0 Å². The maximum atomic E-state index is 11.9. The van der Waals surface area contributed by atoms with Gasteiger partial charge in [-0.1, -0.05) is 0 Å². The van der Waals surface area contributed by atoms with E-state index in [2.05, 4.69) is 9.71 Å². The molecule has 7 heteroatoms. The topological polar surface area (TPSA) is 77.5 Å². The van der Waals surface area contributed by atoms with Gasteiger partial charge in [0.15, 0.2) is 0 Å². The molecule has 27 heavy (non-hydrogen) atoms. The Kier molecular flexibility index (Phi) is 6.46. The summed E-state index contributed by atoms with van der Waals surface area (Å²) in [5.74, 6) is 0.805. The number of pyridine rings is 1. The van der Waals surface area contributed by atoms with Gasteiger partial charge < -0.3 is 9.47 Å². The number of hydrogen-bond acceptors (Lipinski definition) is 5. The van der Waals surface area contributed by atoms with E-state index in [9.17, 15) is 8.42 Å². The SMILES string of the molecule is CCS(=O)(=O)NC1CCOCC1COc1ccc(-c2cc(C)ccn2)cc1. The average molecular weight is 391 g/mol. The summed E-state index contributed by atoms with van der Waals surface area (Å²) in [5.41, 5.74) is 3.12. The number of nitrogens with zero attached hydrogens (tertiary/aromatic N) is 1. The highest BCUT2D eigenvalue weighted by Gasteiger charge is 2.29. The molecule has 0 aliphatic carbocycles. The number of ether oxygens (including phenoxy) is 2. The lowest BCUT2D eigenvalue weighted by Crippen LogP contribution is -2.47. The Morgan fingerprint density at radius 2 is 2.04 bits per heavy atom. The van der Waals surface area contributed by atoms with E-state index in [4.69, 9.17) is 9.47 Å². The number of rotatable bonds is 7. The molecule has 1 fully saturated rings. The van der Waals surface area contributed by atoms with Crippen LogP contribution in [-0.2, 0) is 14.8 Å². The quantitative estimate of drug-likeness (QED) is 0.787. The summed E-state index contributed by atoms with van der Waals surface area (Å²) >= 11 is 0. The molecule has 1 aliphatic heterocycles. The second-order valence-electron chi connectivity index (χ2n) is 6.81. The maximum Gasteiger partial charge on any atom is 0.211 e. The van der Waals surface area contributed by atoms with Crippen LogP contribution in [0.25, 0.3) is 11.3 Å². The minimum absolute atomic E-state index is 0.0156. The number of nitrogens with one attached hydrogen (secondary N) is 1. The number of benzene rings is 1. The van der Waals surface area contributed by atoms with Gasteiger partial charge in [-0.25, -0.2) is 13.1 Å². The summed E-state index contributed by atoms with van der Waals surface area (Å²) in [7, 11) is -3.24. The zero-order valence-corrected chi connectivity index (χ0v) is 16.5. The van der Waals surface area contributed by atoms with Crippen LogP contribution in [0.5, 0.6) is 5.75 Å². The van der Waals surface area contributed by atoms with Gasteiger partial charge in [-0.3, -0.25) is 4.98 Å². The van der Waals surface area contributed by atoms with Crippen molar-refractivity contribution in [2.75, 3.05) is 25.6 Å². The Morgan fingerprint density at radius 3 is 2.74 bits per heavy atom. The second kappa shape index (κ2) is 8.82. The van der Waals surface area contributed by atoms with Crippen molar-refractivity contribution in [1.82, 2.24) is 9.71 Å². The third kappa shape index (κ3) is 5.51. The lowest BCUT2D eigenvalue weighted by atomic mass is 9.98. The van der Waals surface area contributed by atoms with Gasteiger partial charge in [0.1, 0.15) is 5.75 Å². The minimum atomic E-state index is -3.24. The van der Waals surface area contributed by atoms with Gasteiger partial charge in [0.25, 0.3) is 0 Å². The van der Waals surface area contributed by atoms with E-state index < -0.39 is 10.0 Å². The molecule has 1 N–H and O–H groups in total. The molecule has 0 spiro atoms. The van der Waals surface area contributed by atoms with E-state index in [0.717, 1.165) is 22.6 Å². The predicted octanol–water partition coefficient (Wildman–Crippen LogP) is 2.78. The Labute approximate surface area is 161 Å². The van der Waals surface area contributed by atoms with E-state index in [0.29, 0.717) is 26.2 Å². The second-order valence-corrected chi connectivity index (χ2v) is 8.85. The van der Waals surface area contributed by atoms with Crippen molar-refractivity contribution in [1.29, 1.82) is 0 Å². The molecule has 2 unspecified atom stereocenters. The van der Waals surface area contributed by atoms with E-state index in [1.807, 2.05) is 43.3 Å². The minimum Gasteiger partial charge on any atom is -0.493 e. The summed E-state index contributed by atoms with van der Waals surface area (Å²) in [6.45, 7) is 5.13. The van der Waals surface area contributed by atoms with E-state index in [1.54, 1.807) is 13.1 Å². The highest BCUT2D eigenvalue weighted by atomic mass is 32.2. The van der Waals surface area contributed by atoms with Crippen molar-refractivity contribution in [2.24, 2.45) is 5.92 Å². The number of aryl methyl sites for hydroxylation is 1. The largest absolute Gasteiger partial charge is 0.493 e. The van der Waals surface area contributed by atoms with Crippen molar-refractivity contribution < 1.29 is 17.9 Å². The van der Waals surface area contributed by atoms with Gasteiger partial charge in [0.2, 0.25) is 10.0 Å². The lowest BCUT2D eigenvalue weighted by Gasteiger charge is -2.31. The van der Waals surface area contributed by atoms with Crippen LogP contribution < -0.4 is 9.46 Å². The summed E-state index contributed by atoms with van der Waals surface area (Å²) < 4.78 is 38.0. The first kappa shape index (κ1) is 19.8. The summed E-state index contributed by atoms with van der Waals surface area (Å²) in [6.07, 6.45) is 2.46. The normalized spacial score (nSPS) is 20.4. The molecule has 0 radical (unpaired) electrons. The number of sulfonamides is 1. The molecule has 1 aromatic heterocycles. The predicted molar refractivity (Wildman–Crippen MR) is 105 cm³/mol. The first-order chi connectivity index (χ1) is 13.0. The van der Waals surface area contributed by atoms with Gasteiger partial charge in [-0.05, 0) is 62.2 Å². The molecule has 0 amide bonds. The van der Waals surface area contributed by atoms with E-state index >= 15 is 0 Å². The molecular weight excluding hydrogens is 364 g/mol. The molecule has 1 aliphatic rings. The van der Waals surface area contributed by atoms with Crippen molar-refractivity contribution in [3.63, 3.8) is 0 Å². The van der Waals surface area contributed by atoms with Gasteiger partial charge in [-0.15, -0.1) is 0 Å². The lowest BCUT2D eigenvalue weighted by molar-refractivity contribution is 0.0186. The molecule has 0 saturated carbocycles. The van der Waals surface area contributed by atoms with Crippen molar-refractivity contribution in [2.45, 2.75) is 26.3 Å². The highest BCUT2D eigenvalue weighted by Crippen LogP contribution is 2.23. The molecule has 1 saturated heterocycles. The fourth-order valence-corrected chi connectivity index (χ4v) is 3.99. The van der Waals surface area contributed by atoms with Gasteiger partial charge in [0, 0.05) is 30.3 Å². The van der Waals surface area contributed by atoms with Crippen LogP contribution in [-0.4, -0.2) is 45.0 Å². The summed E-state index contributed by atoms with van der Waals surface area (Å²) in [4.78, 5) is 4.39. The standard InChI is InChI=1S/C20H26N2O4S/c1-3-27(23,24)22-19-9-11-25-13-17(19)14-26-18-6-4-16(5-7-18)20-12-15(2)8-10-21-20/h4-8,10,12,17,19,22H,3,9,11,13-14H2,1-2H3. The molecule has 146 valence electrons. The van der Waals surface area contributed by atoms with Crippen LogP contribution in [0.2, 0.25) is 0 Å². The molecule has 1 aromatic carbocycles. The monoisotopic (exact) mass is 390 g/mol. The van der Waals surface area contributed by atoms with Gasteiger partial charge >= 0.3 is 0 Å². The highest BCUT2D eigenvalue weighted by molar-refractivity contribution is 7.89. The maximum absolute atomic E-state index is 11.9. The molecular formula is C20H26N2O4S. The number of hydrogen-bond donors (Lipinski definition) is 1. The van der Waals surface area contributed by atoms with Crippen LogP contribution in [0.15, 0.2) is 42.6 Å². The zero-order chi connectivity index (χ0) is 19.3. The molecule has 0 bridgehead atoms. The Hall–Kier alpha value is -1.96. The molecule has 2 aromatic rings. The average Bonchev–Trinajstić information content (AvgIpc) is 2.67. The Bertz CT molecular complexity index is 853. The molecule has 2 heterocycles. The van der Waals surface area contributed by atoms with Crippen LogP contribution in [0.1, 0.15) is 18.9 Å². The Morgan fingerprint density at radius 1 is 1.26 bits per heavy atom. The van der Waals surface area contributed by atoms with Crippen LogP contribution >= 0.6 is 0 Å². The van der Waals surface area contributed by atoms with Crippen LogP contribution in [0.4, 0.5) is 0 Å². The zero-order valence-electron chi connectivity index (χ0n) is 15.7. The van der Waals surface area contributed by atoms with Crippen LogP contribution in [0, 0.1) is 12.8 Å².